The third-order valence-corrected chi connectivity index (χ3v) is 7.46. The highest BCUT2D eigenvalue weighted by Crippen LogP contribution is 2.33. The largest absolute Gasteiger partial charge is 0.483 e. The number of nitrogens with one attached hydrogen (secondary N) is 2. The molecule has 4 rings (SSSR count). The van der Waals surface area contributed by atoms with Gasteiger partial charge in [0, 0.05) is 5.69 Å². The zero-order chi connectivity index (χ0) is 24.3. The Morgan fingerprint density at radius 1 is 0.941 bits per heavy atom. The maximum atomic E-state index is 12.7. The predicted octanol–water partition coefficient (Wildman–Crippen LogP) is 6.04. The Morgan fingerprint density at radius 3 is 2.41 bits per heavy atom. The van der Waals surface area contributed by atoms with Crippen LogP contribution < -0.4 is 14.8 Å². The van der Waals surface area contributed by atoms with Crippen LogP contribution in [0.4, 0.5) is 11.4 Å². The number of benzene rings is 4. The molecule has 0 spiro atoms. The van der Waals surface area contributed by atoms with Crippen LogP contribution in [0.25, 0.3) is 10.8 Å². The number of rotatable bonds is 7. The van der Waals surface area contributed by atoms with Crippen molar-refractivity contribution in [2.45, 2.75) is 18.7 Å². The molecule has 34 heavy (non-hydrogen) atoms. The highest BCUT2D eigenvalue weighted by atomic mass is 79.9. The molecule has 2 N–H and O–H groups in total. The van der Waals surface area contributed by atoms with Crippen LogP contribution in [0.3, 0.4) is 0 Å². The van der Waals surface area contributed by atoms with E-state index in [1.165, 1.54) is 12.1 Å². The van der Waals surface area contributed by atoms with Gasteiger partial charge < -0.3 is 10.1 Å². The fourth-order valence-electron chi connectivity index (χ4n) is 3.51. The van der Waals surface area contributed by atoms with Crippen molar-refractivity contribution in [1.29, 1.82) is 0 Å². The molecule has 1 amide bonds. The molecule has 8 heteroatoms. The van der Waals surface area contributed by atoms with Gasteiger partial charge in [-0.15, -0.1) is 0 Å². The van der Waals surface area contributed by atoms with Gasteiger partial charge in [-0.2, -0.15) is 0 Å². The van der Waals surface area contributed by atoms with Gasteiger partial charge in [0.1, 0.15) is 5.75 Å². The first kappa shape index (κ1) is 23.8. The van der Waals surface area contributed by atoms with Crippen molar-refractivity contribution in [3.05, 3.63) is 94.5 Å². The first-order valence-electron chi connectivity index (χ1n) is 10.5. The van der Waals surface area contributed by atoms with E-state index in [4.69, 9.17) is 4.74 Å². The Kier molecular flexibility index (Phi) is 6.90. The SMILES string of the molecule is Cc1ccc(NS(=O)(=O)c2ccc(NC(=O)COc3ccc4ccccc4c3Br)cc2)c(C)c1. The van der Waals surface area contributed by atoms with Gasteiger partial charge in [0.05, 0.1) is 15.1 Å². The third kappa shape index (κ3) is 5.40. The number of amides is 1. The highest BCUT2D eigenvalue weighted by Gasteiger charge is 2.16. The van der Waals surface area contributed by atoms with Crippen LogP contribution in [0.1, 0.15) is 11.1 Å². The number of hydrogen-bond donors (Lipinski definition) is 2. The van der Waals surface area contributed by atoms with Gasteiger partial charge in [-0.25, -0.2) is 8.42 Å². The van der Waals surface area contributed by atoms with Crippen LogP contribution in [0.15, 0.2) is 88.2 Å². The number of sulfonamides is 1. The van der Waals surface area contributed by atoms with Crippen LogP contribution in [0.2, 0.25) is 0 Å². The second kappa shape index (κ2) is 9.87. The summed E-state index contributed by atoms with van der Waals surface area (Å²) in [6.07, 6.45) is 0. The third-order valence-electron chi connectivity index (χ3n) is 5.26. The zero-order valence-electron chi connectivity index (χ0n) is 18.6. The lowest BCUT2D eigenvalue weighted by atomic mass is 10.1. The van der Waals surface area contributed by atoms with Crippen molar-refractivity contribution in [3.63, 3.8) is 0 Å². The summed E-state index contributed by atoms with van der Waals surface area (Å²) >= 11 is 3.54. The Balaban J connectivity index is 1.38. The molecule has 0 saturated heterocycles. The first-order chi connectivity index (χ1) is 16.2. The molecule has 0 saturated carbocycles. The number of aryl methyl sites for hydroxylation is 2. The second-order valence-corrected chi connectivity index (χ2v) is 10.4. The van der Waals surface area contributed by atoms with Crippen LogP contribution in [-0.4, -0.2) is 20.9 Å². The van der Waals surface area contributed by atoms with Crippen LogP contribution in [-0.2, 0) is 14.8 Å². The Bertz CT molecular complexity index is 1470. The molecule has 0 fully saturated rings. The number of carbonyl (C=O) groups excluding carboxylic acids is 1. The summed E-state index contributed by atoms with van der Waals surface area (Å²) in [6.45, 7) is 3.61. The topological polar surface area (TPSA) is 84.5 Å². The summed E-state index contributed by atoms with van der Waals surface area (Å²) in [7, 11) is -3.76. The van der Waals surface area contributed by atoms with Gasteiger partial charge in [0.25, 0.3) is 15.9 Å². The van der Waals surface area contributed by atoms with Gasteiger partial charge in [0.2, 0.25) is 0 Å². The van der Waals surface area contributed by atoms with E-state index in [1.807, 2.05) is 62.4 Å². The van der Waals surface area contributed by atoms with Crippen molar-refractivity contribution in [1.82, 2.24) is 0 Å². The summed E-state index contributed by atoms with van der Waals surface area (Å²) in [6, 6.07) is 23.1. The minimum Gasteiger partial charge on any atom is -0.483 e. The number of halogens is 1. The van der Waals surface area contributed by atoms with E-state index < -0.39 is 10.0 Å². The number of hydrogen-bond acceptors (Lipinski definition) is 4. The van der Waals surface area contributed by atoms with Crippen LogP contribution in [0.5, 0.6) is 5.75 Å². The van der Waals surface area contributed by atoms with Crippen LogP contribution in [0, 0.1) is 13.8 Å². The van der Waals surface area contributed by atoms with Gasteiger partial charge in [-0.3, -0.25) is 9.52 Å². The van der Waals surface area contributed by atoms with E-state index in [9.17, 15) is 13.2 Å². The molecule has 0 bridgehead atoms. The molecule has 0 aliphatic carbocycles. The smallest absolute Gasteiger partial charge is 0.262 e. The zero-order valence-corrected chi connectivity index (χ0v) is 21.0. The molecule has 0 radical (unpaired) electrons. The predicted molar refractivity (Wildman–Crippen MR) is 139 cm³/mol. The maximum absolute atomic E-state index is 12.7. The highest BCUT2D eigenvalue weighted by molar-refractivity contribution is 9.10. The number of ether oxygens (including phenoxy) is 1. The summed E-state index contributed by atoms with van der Waals surface area (Å²) in [4.78, 5) is 12.5. The minimum atomic E-state index is -3.76. The van der Waals surface area contributed by atoms with Crippen molar-refractivity contribution in [2.75, 3.05) is 16.6 Å². The normalized spacial score (nSPS) is 11.3. The van der Waals surface area contributed by atoms with Crippen molar-refractivity contribution < 1.29 is 17.9 Å². The van der Waals surface area contributed by atoms with Gasteiger partial charge in [-0.1, -0.05) is 48.0 Å². The van der Waals surface area contributed by atoms with Gasteiger partial charge in [0.15, 0.2) is 6.61 Å². The molecule has 0 aromatic heterocycles. The Morgan fingerprint density at radius 2 is 1.68 bits per heavy atom. The molecular weight excluding hydrogens is 516 g/mol. The monoisotopic (exact) mass is 538 g/mol. The van der Waals surface area contributed by atoms with E-state index >= 15 is 0 Å². The summed E-state index contributed by atoms with van der Waals surface area (Å²) in [5, 5.41) is 4.77. The van der Waals surface area contributed by atoms with Crippen molar-refractivity contribution in [3.8, 4) is 5.75 Å². The van der Waals surface area contributed by atoms with Crippen LogP contribution >= 0.6 is 15.9 Å². The lowest BCUT2D eigenvalue weighted by Gasteiger charge is -2.12. The van der Waals surface area contributed by atoms with Gasteiger partial charge in [-0.05, 0) is 82.5 Å². The molecular formula is C26H23BrN2O4S. The van der Waals surface area contributed by atoms with Crippen molar-refractivity contribution >= 4 is 54.0 Å². The lowest BCUT2D eigenvalue weighted by molar-refractivity contribution is -0.118. The first-order valence-corrected chi connectivity index (χ1v) is 12.8. The Hall–Kier alpha value is -3.36. The molecule has 0 atom stereocenters. The molecule has 4 aromatic carbocycles. The second-order valence-electron chi connectivity index (χ2n) is 7.88. The number of anilines is 2. The van der Waals surface area contributed by atoms with Gasteiger partial charge >= 0.3 is 0 Å². The average molecular weight is 539 g/mol. The van der Waals surface area contributed by atoms with E-state index in [-0.39, 0.29) is 17.4 Å². The average Bonchev–Trinajstić information content (AvgIpc) is 2.81. The minimum absolute atomic E-state index is 0.0989. The van der Waals surface area contributed by atoms with E-state index in [0.717, 1.165) is 26.4 Å². The van der Waals surface area contributed by atoms with E-state index in [1.54, 1.807) is 18.2 Å². The molecule has 0 aliphatic heterocycles. The number of carbonyl (C=O) groups is 1. The van der Waals surface area contributed by atoms with Crippen molar-refractivity contribution in [2.24, 2.45) is 0 Å². The van der Waals surface area contributed by atoms with E-state index in [2.05, 4.69) is 26.0 Å². The Labute approximate surface area is 207 Å². The summed E-state index contributed by atoms with van der Waals surface area (Å²) < 4.78 is 34.5. The quantitative estimate of drug-likeness (QED) is 0.300. The molecule has 0 unspecified atom stereocenters. The maximum Gasteiger partial charge on any atom is 0.262 e. The molecule has 6 nitrogen and oxygen atoms in total. The molecule has 0 aliphatic rings. The summed E-state index contributed by atoms with van der Waals surface area (Å²) in [5.41, 5.74) is 2.89. The summed E-state index contributed by atoms with van der Waals surface area (Å²) in [5.74, 6) is 0.205. The molecule has 0 heterocycles. The molecule has 4 aromatic rings. The fourth-order valence-corrected chi connectivity index (χ4v) is 5.25. The molecule has 174 valence electrons. The fraction of sp³-hybridized carbons (Fsp3) is 0.115. The lowest BCUT2D eigenvalue weighted by Crippen LogP contribution is -2.20. The number of fused-ring (bicyclic) bond motifs is 1. The van der Waals surface area contributed by atoms with E-state index in [0.29, 0.717) is 17.1 Å². The standard InChI is InChI=1S/C26H23BrN2O4S/c1-17-7-13-23(18(2)15-17)29-34(31,32)21-11-9-20(10-12-21)28-25(30)16-33-24-14-8-19-5-3-4-6-22(19)26(24)27/h3-15,29H,16H2,1-2H3,(H,28,30).